The van der Waals surface area contributed by atoms with Crippen molar-refractivity contribution in [3.63, 3.8) is 0 Å². The fourth-order valence-electron chi connectivity index (χ4n) is 2.73. The van der Waals surface area contributed by atoms with Crippen LogP contribution in [0.25, 0.3) is 0 Å². The number of piperazine rings is 1. The fourth-order valence-corrected chi connectivity index (χ4v) is 2.73. The summed E-state index contributed by atoms with van der Waals surface area (Å²) in [5.41, 5.74) is 0.919. The van der Waals surface area contributed by atoms with Crippen LogP contribution in [0.4, 0.5) is 10.2 Å². The van der Waals surface area contributed by atoms with Crippen molar-refractivity contribution in [3.05, 3.63) is 54.0 Å². The normalized spacial score (nSPS) is 16.0. The van der Waals surface area contributed by atoms with Gasteiger partial charge in [-0.2, -0.15) is 0 Å². The number of phenolic OH excluding ortho intramolecular Hbond substituents is 1. The van der Waals surface area contributed by atoms with Gasteiger partial charge in [-0.1, -0.05) is 12.1 Å². The molecule has 0 spiro atoms. The van der Waals surface area contributed by atoms with Gasteiger partial charge >= 0.3 is 0 Å². The summed E-state index contributed by atoms with van der Waals surface area (Å²) < 4.78 is 13.3. The molecule has 3 rings (SSSR count). The van der Waals surface area contributed by atoms with E-state index in [1.165, 1.54) is 12.1 Å². The average Bonchev–Trinajstić information content (AvgIpc) is 2.57. The zero-order valence-corrected chi connectivity index (χ0v) is 12.5. The zero-order valence-electron chi connectivity index (χ0n) is 12.5. The van der Waals surface area contributed by atoms with E-state index in [1.807, 2.05) is 24.4 Å². The van der Waals surface area contributed by atoms with Gasteiger partial charge in [0.05, 0.1) is 0 Å². The highest BCUT2D eigenvalue weighted by molar-refractivity contribution is 5.38. The number of aromatic hydroxyl groups is 1. The maximum Gasteiger partial charge on any atom is 0.165 e. The molecule has 2 heterocycles. The van der Waals surface area contributed by atoms with E-state index in [0.717, 1.165) is 50.5 Å². The Bertz CT molecular complexity index is 613. The van der Waals surface area contributed by atoms with Crippen LogP contribution in [0.1, 0.15) is 5.56 Å². The molecule has 1 aliphatic heterocycles. The van der Waals surface area contributed by atoms with Crippen molar-refractivity contribution < 1.29 is 9.50 Å². The summed E-state index contributed by atoms with van der Waals surface area (Å²) in [4.78, 5) is 9.05. The lowest BCUT2D eigenvalue weighted by atomic mass is 10.1. The maximum absolute atomic E-state index is 13.3. The molecule has 1 saturated heterocycles. The van der Waals surface area contributed by atoms with Crippen LogP contribution in [0, 0.1) is 5.82 Å². The molecule has 0 radical (unpaired) electrons. The quantitative estimate of drug-likeness (QED) is 0.940. The van der Waals surface area contributed by atoms with Gasteiger partial charge in [0.25, 0.3) is 0 Å². The van der Waals surface area contributed by atoms with Gasteiger partial charge in [0.15, 0.2) is 11.6 Å². The van der Waals surface area contributed by atoms with Gasteiger partial charge in [-0.3, -0.25) is 4.90 Å². The van der Waals surface area contributed by atoms with Crippen LogP contribution in [0.15, 0.2) is 42.6 Å². The van der Waals surface area contributed by atoms with Crippen LogP contribution in [0.2, 0.25) is 0 Å². The molecule has 1 aromatic carbocycles. The van der Waals surface area contributed by atoms with E-state index < -0.39 is 5.82 Å². The van der Waals surface area contributed by atoms with Crippen molar-refractivity contribution >= 4 is 5.82 Å². The van der Waals surface area contributed by atoms with E-state index >= 15 is 0 Å². The fraction of sp³-hybridized carbons (Fsp3) is 0.353. The van der Waals surface area contributed by atoms with Crippen molar-refractivity contribution in [1.82, 2.24) is 9.88 Å². The molecule has 1 N–H and O–H groups in total. The van der Waals surface area contributed by atoms with Crippen molar-refractivity contribution in [2.24, 2.45) is 0 Å². The summed E-state index contributed by atoms with van der Waals surface area (Å²) in [6.07, 6.45) is 2.61. The summed E-state index contributed by atoms with van der Waals surface area (Å²) in [6.45, 7) is 4.79. The van der Waals surface area contributed by atoms with E-state index in [0.29, 0.717) is 0 Å². The Morgan fingerprint density at radius 3 is 2.59 bits per heavy atom. The number of phenols is 1. The van der Waals surface area contributed by atoms with E-state index in [9.17, 15) is 9.50 Å². The first-order valence-electron chi connectivity index (χ1n) is 7.58. The molecule has 5 heteroatoms. The summed E-state index contributed by atoms with van der Waals surface area (Å²) in [6, 6.07) is 10.6. The first-order valence-corrected chi connectivity index (χ1v) is 7.58. The number of hydrogen-bond acceptors (Lipinski definition) is 4. The lowest BCUT2D eigenvalue weighted by Crippen LogP contribution is -2.47. The first-order chi connectivity index (χ1) is 10.7. The third kappa shape index (κ3) is 3.54. The van der Waals surface area contributed by atoms with Crippen molar-refractivity contribution in [2.75, 3.05) is 37.6 Å². The first kappa shape index (κ1) is 14.8. The molecule has 0 atom stereocenters. The van der Waals surface area contributed by atoms with Gasteiger partial charge in [-0.05, 0) is 36.2 Å². The molecular weight excluding hydrogens is 281 g/mol. The van der Waals surface area contributed by atoms with Crippen molar-refractivity contribution in [2.45, 2.75) is 6.42 Å². The third-order valence-corrected chi connectivity index (χ3v) is 4.07. The van der Waals surface area contributed by atoms with E-state index in [4.69, 9.17) is 0 Å². The maximum atomic E-state index is 13.3. The topological polar surface area (TPSA) is 39.6 Å². The average molecular weight is 301 g/mol. The molecule has 0 aliphatic carbocycles. The van der Waals surface area contributed by atoms with Gasteiger partial charge in [-0.25, -0.2) is 9.37 Å². The van der Waals surface area contributed by atoms with Gasteiger partial charge in [-0.15, -0.1) is 0 Å². The van der Waals surface area contributed by atoms with E-state index in [-0.39, 0.29) is 5.75 Å². The summed E-state index contributed by atoms with van der Waals surface area (Å²) in [5, 5.41) is 9.20. The van der Waals surface area contributed by atoms with E-state index in [1.54, 1.807) is 6.07 Å². The summed E-state index contributed by atoms with van der Waals surface area (Å²) >= 11 is 0. The number of benzene rings is 1. The Hall–Kier alpha value is -2.14. The molecule has 0 amide bonds. The van der Waals surface area contributed by atoms with Crippen LogP contribution < -0.4 is 4.90 Å². The number of nitrogens with zero attached hydrogens (tertiary/aromatic N) is 3. The molecule has 116 valence electrons. The molecule has 4 nitrogen and oxygen atoms in total. The highest BCUT2D eigenvalue weighted by atomic mass is 19.1. The zero-order chi connectivity index (χ0) is 15.4. The predicted molar refractivity (Wildman–Crippen MR) is 84.7 cm³/mol. The van der Waals surface area contributed by atoms with Crippen LogP contribution in [0.5, 0.6) is 5.75 Å². The molecule has 0 bridgehead atoms. The standard InChI is InChI=1S/C17H20FN3O/c18-15-13-14(4-5-16(15)22)6-8-20-9-11-21(12-10-20)17-3-1-2-7-19-17/h1-5,7,13,22H,6,8-12H2. The molecule has 2 aromatic rings. The molecular formula is C17H20FN3O. The number of anilines is 1. The van der Waals surface area contributed by atoms with Crippen molar-refractivity contribution in [1.29, 1.82) is 0 Å². The molecule has 0 unspecified atom stereocenters. The molecule has 0 saturated carbocycles. The van der Waals surface area contributed by atoms with Gasteiger partial charge in [0, 0.05) is 38.9 Å². The lowest BCUT2D eigenvalue weighted by Gasteiger charge is -2.35. The number of rotatable bonds is 4. The molecule has 1 aliphatic rings. The SMILES string of the molecule is Oc1ccc(CCN2CCN(c3ccccn3)CC2)cc1F. The van der Waals surface area contributed by atoms with Gasteiger partial charge in [0.2, 0.25) is 0 Å². The number of halogens is 1. The number of pyridine rings is 1. The highest BCUT2D eigenvalue weighted by Crippen LogP contribution is 2.17. The smallest absolute Gasteiger partial charge is 0.165 e. The molecule has 1 aromatic heterocycles. The Kier molecular flexibility index (Phi) is 4.53. The Morgan fingerprint density at radius 1 is 1.09 bits per heavy atom. The minimum absolute atomic E-state index is 0.285. The van der Waals surface area contributed by atoms with Crippen molar-refractivity contribution in [3.8, 4) is 5.75 Å². The van der Waals surface area contributed by atoms with Crippen LogP contribution >= 0.6 is 0 Å². The monoisotopic (exact) mass is 301 g/mol. The van der Waals surface area contributed by atoms with Crippen LogP contribution in [-0.4, -0.2) is 47.7 Å². The second-order valence-electron chi connectivity index (χ2n) is 5.55. The van der Waals surface area contributed by atoms with Crippen LogP contribution in [0.3, 0.4) is 0 Å². The second kappa shape index (κ2) is 6.75. The highest BCUT2D eigenvalue weighted by Gasteiger charge is 2.17. The minimum atomic E-state index is -0.544. The summed E-state index contributed by atoms with van der Waals surface area (Å²) in [7, 11) is 0. The summed E-state index contributed by atoms with van der Waals surface area (Å²) in [5.74, 6) is 0.202. The van der Waals surface area contributed by atoms with E-state index in [2.05, 4.69) is 14.8 Å². The molecule has 22 heavy (non-hydrogen) atoms. The third-order valence-electron chi connectivity index (χ3n) is 4.07. The largest absolute Gasteiger partial charge is 0.505 e. The molecule has 1 fully saturated rings. The Labute approximate surface area is 129 Å². The Balaban J connectivity index is 1.49. The second-order valence-corrected chi connectivity index (χ2v) is 5.55. The van der Waals surface area contributed by atoms with Crippen LogP contribution in [-0.2, 0) is 6.42 Å². The number of aromatic nitrogens is 1. The predicted octanol–water partition coefficient (Wildman–Crippen LogP) is 2.29. The Morgan fingerprint density at radius 2 is 1.91 bits per heavy atom. The van der Waals surface area contributed by atoms with Gasteiger partial charge in [0.1, 0.15) is 5.82 Å². The van der Waals surface area contributed by atoms with Gasteiger partial charge < -0.3 is 10.0 Å². The minimum Gasteiger partial charge on any atom is -0.505 e. The number of hydrogen-bond donors (Lipinski definition) is 1. The lowest BCUT2D eigenvalue weighted by molar-refractivity contribution is 0.260.